The zero-order valence-corrected chi connectivity index (χ0v) is 9.59. The maximum Gasteiger partial charge on any atom is 0.248 e. The highest BCUT2D eigenvalue weighted by molar-refractivity contribution is 6.02. The van der Waals surface area contributed by atoms with Crippen LogP contribution < -0.4 is 4.90 Å². The lowest BCUT2D eigenvalue weighted by Crippen LogP contribution is -2.52. The second kappa shape index (κ2) is 4.55. The summed E-state index contributed by atoms with van der Waals surface area (Å²) < 4.78 is 0. The zero-order valence-electron chi connectivity index (χ0n) is 9.59. The van der Waals surface area contributed by atoms with E-state index in [0.717, 1.165) is 16.2 Å². The number of hydrogen-bond acceptors (Lipinski definition) is 4. The summed E-state index contributed by atoms with van der Waals surface area (Å²) in [6.07, 6.45) is 0. The van der Waals surface area contributed by atoms with Crippen LogP contribution in [-0.4, -0.2) is 42.0 Å². The molecule has 2 amide bonds. The van der Waals surface area contributed by atoms with Crippen molar-refractivity contribution < 1.29 is 14.7 Å². The van der Waals surface area contributed by atoms with Crippen LogP contribution >= 0.6 is 0 Å². The third-order valence-corrected chi connectivity index (χ3v) is 2.88. The Kier molecular flexibility index (Phi) is 3.10. The predicted octanol–water partition coefficient (Wildman–Crippen LogP) is -0.0161. The topological polar surface area (TPSA) is 60.9 Å². The lowest BCUT2D eigenvalue weighted by atomic mass is 10.2. The summed E-state index contributed by atoms with van der Waals surface area (Å²) in [6.45, 7) is 0.405. The van der Waals surface area contributed by atoms with E-state index in [-0.39, 0.29) is 31.5 Å². The zero-order chi connectivity index (χ0) is 12.4. The van der Waals surface area contributed by atoms with Gasteiger partial charge in [-0.1, -0.05) is 12.1 Å². The molecule has 5 nitrogen and oxygen atoms in total. The van der Waals surface area contributed by atoms with Gasteiger partial charge in [0.15, 0.2) is 0 Å². The van der Waals surface area contributed by atoms with Crippen LogP contribution in [0.25, 0.3) is 0 Å². The molecule has 0 atom stereocenters. The number of anilines is 1. The molecule has 1 aliphatic rings. The molecule has 1 N–H and O–H groups in total. The minimum Gasteiger partial charge on any atom is -0.392 e. The summed E-state index contributed by atoms with van der Waals surface area (Å²) in [5, 5.41) is 8.93. The average Bonchev–Trinajstić information content (AvgIpc) is 2.35. The second-order valence-corrected chi connectivity index (χ2v) is 4.03. The first-order chi connectivity index (χ1) is 8.11. The van der Waals surface area contributed by atoms with E-state index in [1.165, 1.54) is 7.05 Å². The van der Waals surface area contributed by atoms with Crippen LogP contribution in [0.15, 0.2) is 24.3 Å². The Balaban J connectivity index is 2.17. The molecule has 0 unspecified atom stereocenters. The van der Waals surface area contributed by atoms with E-state index in [9.17, 15) is 9.59 Å². The molecular formula is C12H14N2O3. The Labute approximate surface area is 99.3 Å². The van der Waals surface area contributed by atoms with Gasteiger partial charge in [-0.25, -0.2) is 0 Å². The van der Waals surface area contributed by atoms with Gasteiger partial charge in [-0.05, 0) is 17.7 Å². The number of benzene rings is 1. The maximum atomic E-state index is 11.5. The van der Waals surface area contributed by atoms with Crippen LogP contribution in [0, 0.1) is 0 Å². The number of aliphatic hydroxyl groups is 1. The first-order valence-corrected chi connectivity index (χ1v) is 5.36. The van der Waals surface area contributed by atoms with Gasteiger partial charge in [0.2, 0.25) is 11.8 Å². The van der Waals surface area contributed by atoms with Gasteiger partial charge in [0, 0.05) is 12.7 Å². The number of carbonyl (C=O) groups excluding carboxylic acids is 2. The van der Waals surface area contributed by atoms with E-state index in [0.29, 0.717) is 0 Å². The largest absolute Gasteiger partial charge is 0.392 e. The first kappa shape index (κ1) is 11.6. The lowest BCUT2D eigenvalue weighted by molar-refractivity contribution is -0.143. The van der Waals surface area contributed by atoms with Crippen molar-refractivity contribution in [1.82, 2.24) is 4.90 Å². The molecule has 2 rings (SSSR count). The monoisotopic (exact) mass is 234 g/mol. The van der Waals surface area contributed by atoms with Crippen molar-refractivity contribution in [3.05, 3.63) is 29.8 Å². The summed E-state index contributed by atoms with van der Waals surface area (Å²) in [7, 11) is 1.50. The van der Waals surface area contributed by atoms with Gasteiger partial charge in [-0.3, -0.25) is 14.5 Å². The van der Waals surface area contributed by atoms with E-state index in [1.807, 2.05) is 0 Å². The highest BCUT2D eigenvalue weighted by atomic mass is 16.3. The number of amides is 2. The molecule has 90 valence electrons. The van der Waals surface area contributed by atoms with Crippen molar-refractivity contribution in [1.29, 1.82) is 0 Å². The summed E-state index contributed by atoms with van der Waals surface area (Å²) in [5.74, 6) is -0.403. The fraction of sp³-hybridized carbons (Fsp3) is 0.333. The van der Waals surface area contributed by atoms with Crippen molar-refractivity contribution >= 4 is 17.5 Å². The van der Waals surface area contributed by atoms with Gasteiger partial charge in [-0.2, -0.15) is 0 Å². The Morgan fingerprint density at radius 3 is 2.12 bits per heavy atom. The van der Waals surface area contributed by atoms with Crippen LogP contribution in [0.1, 0.15) is 5.56 Å². The van der Waals surface area contributed by atoms with Gasteiger partial charge in [-0.15, -0.1) is 0 Å². The Bertz CT molecular complexity index is 424. The van der Waals surface area contributed by atoms with E-state index in [2.05, 4.69) is 0 Å². The highest BCUT2D eigenvalue weighted by Gasteiger charge is 2.27. The first-order valence-electron chi connectivity index (χ1n) is 5.36. The summed E-state index contributed by atoms with van der Waals surface area (Å²) in [6, 6.07) is 7.17. The highest BCUT2D eigenvalue weighted by Crippen LogP contribution is 2.17. The van der Waals surface area contributed by atoms with Gasteiger partial charge in [0.05, 0.1) is 19.7 Å². The molecule has 1 aromatic carbocycles. The van der Waals surface area contributed by atoms with Crippen LogP contribution in [0.4, 0.5) is 5.69 Å². The standard InChI is InChI=1S/C12H14N2O3/c1-13-11(16)6-14(7-12(13)17)10-4-2-9(8-15)3-5-10/h2-5,15H,6-8H2,1H3. The molecule has 0 aliphatic carbocycles. The molecule has 5 heteroatoms. The number of nitrogens with zero attached hydrogens (tertiary/aromatic N) is 2. The maximum absolute atomic E-state index is 11.5. The molecule has 1 aliphatic heterocycles. The van der Waals surface area contributed by atoms with Crippen LogP contribution in [-0.2, 0) is 16.2 Å². The number of aliphatic hydroxyl groups excluding tert-OH is 1. The van der Waals surface area contributed by atoms with Crippen LogP contribution in [0.5, 0.6) is 0 Å². The van der Waals surface area contributed by atoms with Gasteiger partial charge in [0.25, 0.3) is 0 Å². The predicted molar refractivity (Wildman–Crippen MR) is 62.4 cm³/mol. The Morgan fingerprint density at radius 2 is 1.65 bits per heavy atom. The third-order valence-electron chi connectivity index (χ3n) is 2.88. The van der Waals surface area contributed by atoms with Crippen molar-refractivity contribution in [3.63, 3.8) is 0 Å². The molecule has 0 radical (unpaired) electrons. The molecule has 0 bridgehead atoms. The number of carbonyl (C=O) groups is 2. The fourth-order valence-electron chi connectivity index (χ4n) is 1.73. The smallest absolute Gasteiger partial charge is 0.248 e. The number of imide groups is 1. The summed E-state index contributed by atoms with van der Waals surface area (Å²) >= 11 is 0. The fourth-order valence-corrected chi connectivity index (χ4v) is 1.73. The molecule has 1 saturated heterocycles. The lowest BCUT2D eigenvalue weighted by Gasteiger charge is -2.31. The van der Waals surface area contributed by atoms with E-state index >= 15 is 0 Å². The van der Waals surface area contributed by atoms with Gasteiger partial charge >= 0.3 is 0 Å². The molecule has 1 aromatic rings. The minimum atomic E-state index is -0.201. The Hall–Kier alpha value is -1.88. The van der Waals surface area contributed by atoms with Gasteiger partial charge in [0.1, 0.15) is 0 Å². The van der Waals surface area contributed by atoms with Crippen LogP contribution in [0.2, 0.25) is 0 Å². The van der Waals surface area contributed by atoms with E-state index in [1.54, 1.807) is 29.2 Å². The number of rotatable bonds is 2. The number of piperazine rings is 1. The van der Waals surface area contributed by atoms with Gasteiger partial charge < -0.3 is 10.0 Å². The molecule has 1 fully saturated rings. The molecular weight excluding hydrogens is 220 g/mol. The second-order valence-electron chi connectivity index (χ2n) is 4.03. The third kappa shape index (κ3) is 2.29. The van der Waals surface area contributed by atoms with E-state index < -0.39 is 0 Å². The minimum absolute atomic E-state index is 0.0130. The number of likely N-dealkylation sites (N-methyl/N-ethyl adjacent to an activating group) is 1. The molecule has 0 spiro atoms. The summed E-state index contributed by atoms with van der Waals surface area (Å²) in [4.78, 5) is 25.9. The normalized spacial score (nSPS) is 16.6. The Morgan fingerprint density at radius 1 is 1.12 bits per heavy atom. The molecule has 1 heterocycles. The molecule has 0 saturated carbocycles. The SMILES string of the molecule is CN1C(=O)CN(c2ccc(CO)cc2)CC1=O. The van der Waals surface area contributed by atoms with Crippen molar-refractivity contribution in [2.75, 3.05) is 25.0 Å². The van der Waals surface area contributed by atoms with Crippen LogP contribution in [0.3, 0.4) is 0 Å². The van der Waals surface area contributed by atoms with Crippen molar-refractivity contribution in [3.8, 4) is 0 Å². The van der Waals surface area contributed by atoms with Crippen molar-refractivity contribution in [2.24, 2.45) is 0 Å². The van der Waals surface area contributed by atoms with E-state index in [4.69, 9.17) is 5.11 Å². The number of hydrogen-bond donors (Lipinski definition) is 1. The quantitative estimate of drug-likeness (QED) is 0.731. The average molecular weight is 234 g/mol. The summed E-state index contributed by atoms with van der Waals surface area (Å²) in [5.41, 5.74) is 1.62. The molecule has 0 aromatic heterocycles. The van der Waals surface area contributed by atoms with Crippen molar-refractivity contribution in [2.45, 2.75) is 6.61 Å². The molecule has 17 heavy (non-hydrogen) atoms.